The maximum atomic E-state index is 12.5. The molecule has 0 aliphatic rings. The molecule has 0 saturated carbocycles. The molecule has 142 valence electrons. The third-order valence-corrected chi connectivity index (χ3v) is 4.43. The monoisotopic (exact) mass is 386 g/mol. The Kier molecular flexibility index (Phi) is 7.31. The van der Waals surface area contributed by atoms with Gasteiger partial charge >= 0.3 is 6.09 Å². The van der Waals surface area contributed by atoms with Crippen LogP contribution in [0.25, 0.3) is 0 Å². The highest BCUT2D eigenvalue weighted by Gasteiger charge is 2.08. The summed E-state index contributed by atoms with van der Waals surface area (Å²) in [5.41, 5.74) is 2.97. The average molecular weight is 386 g/mol. The molecule has 2 aromatic carbocycles. The summed E-state index contributed by atoms with van der Waals surface area (Å²) in [6, 6.07) is 12.4. The molecule has 0 aliphatic heterocycles. The summed E-state index contributed by atoms with van der Waals surface area (Å²) in [5.74, 6) is 0.603. The van der Waals surface area contributed by atoms with E-state index in [-0.39, 0.29) is 5.78 Å². The van der Waals surface area contributed by atoms with E-state index in [1.165, 1.54) is 18.9 Å². The van der Waals surface area contributed by atoms with E-state index in [1.54, 1.807) is 43.5 Å². The molecule has 0 spiro atoms. The van der Waals surface area contributed by atoms with Gasteiger partial charge in [0.05, 0.1) is 19.2 Å². The van der Waals surface area contributed by atoms with E-state index in [2.05, 4.69) is 15.4 Å². The van der Waals surface area contributed by atoms with Crippen LogP contribution < -0.4 is 15.4 Å². The predicted molar refractivity (Wildman–Crippen MR) is 110 cm³/mol. The van der Waals surface area contributed by atoms with Crippen LogP contribution in [-0.4, -0.2) is 32.4 Å². The number of hydrogen-bond donors (Lipinski definition) is 2. The van der Waals surface area contributed by atoms with Crippen LogP contribution in [0.1, 0.15) is 15.9 Å². The summed E-state index contributed by atoms with van der Waals surface area (Å²) in [7, 11) is 2.90. The lowest BCUT2D eigenvalue weighted by Gasteiger charge is -2.13. The van der Waals surface area contributed by atoms with Gasteiger partial charge in [-0.1, -0.05) is 0 Å². The number of amides is 1. The van der Waals surface area contributed by atoms with Gasteiger partial charge in [-0.15, -0.1) is 11.8 Å². The van der Waals surface area contributed by atoms with E-state index in [4.69, 9.17) is 4.74 Å². The number of anilines is 2. The predicted octanol–water partition coefficient (Wildman–Crippen LogP) is 4.68. The molecule has 7 heteroatoms. The molecule has 0 heterocycles. The van der Waals surface area contributed by atoms with E-state index in [0.717, 1.165) is 11.3 Å². The summed E-state index contributed by atoms with van der Waals surface area (Å²) in [4.78, 5) is 23.8. The van der Waals surface area contributed by atoms with E-state index >= 15 is 0 Å². The van der Waals surface area contributed by atoms with Crippen molar-refractivity contribution in [3.8, 4) is 5.75 Å². The zero-order valence-electron chi connectivity index (χ0n) is 15.7. The molecule has 0 saturated heterocycles. The second-order valence-electron chi connectivity index (χ2n) is 5.58. The lowest BCUT2D eigenvalue weighted by atomic mass is 10.1. The number of aryl methyl sites for hydroxylation is 1. The molecule has 0 unspecified atom stereocenters. The first-order valence-electron chi connectivity index (χ1n) is 8.13. The van der Waals surface area contributed by atoms with Crippen LogP contribution in [0.5, 0.6) is 5.75 Å². The normalized spacial score (nSPS) is 10.9. The van der Waals surface area contributed by atoms with Crippen LogP contribution in [0.15, 0.2) is 53.6 Å². The number of carbonyl (C=O) groups is 2. The van der Waals surface area contributed by atoms with Crippen LogP contribution in [0.3, 0.4) is 0 Å². The smallest absolute Gasteiger partial charge is 0.411 e. The number of rotatable bonds is 7. The summed E-state index contributed by atoms with van der Waals surface area (Å²) >= 11 is 1.44. The molecule has 2 rings (SSSR count). The summed E-state index contributed by atoms with van der Waals surface area (Å²) in [6.07, 6.45) is 2.93. The maximum Gasteiger partial charge on any atom is 0.411 e. The Balaban J connectivity index is 2.14. The standard InChI is InChI=1S/C20H22N2O4S/c1-13-11-15(21-20(24)26-3)7-10-17(13)22-19(27-4)12-18(23)14-5-8-16(25-2)9-6-14/h5-12,22H,1-4H3,(H,21,24)/b19-12-. The lowest BCUT2D eigenvalue weighted by Crippen LogP contribution is -2.11. The molecule has 0 radical (unpaired) electrons. The second kappa shape index (κ2) is 9.68. The van der Waals surface area contributed by atoms with Gasteiger partial charge in [0.2, 0.25) is 0 Å². The highest BCUT2D eigenvalue weighted by atomic mass is 32.2. The Hall–Kier alpha value is -2.93. The Bertz CT molecular complexity index is 848. The van der Waals surface area contributed by atoms with E-state index in [9.17, 15) is 9.59 Å². The molecule has 2 aromatic rings. The van der Waals surface area contributed by atoms with Crippen molar-refractivity contribution < 1.29 is 19.1 Å². The number of allylic oxidation sites excluding steroid dienone is 1. The molecule has 0 fully saturated rings. The van der Waals surface area contributed by atoms with Gasteiger partial charge in [-0.05, 0) is 61.2 Å². The molecule has 2 N–H and O–H groups in total. The maximum absolute atomic E-state index is 12.5. The van der Waals surface area contributed by atoms with Crippen molar-refractivity contribution in [1.82, 2.24) is 0 Å². The summed E-state index contributed by atoms with van der Waals surface area (Å²) < 4.78 is 9.69. The molecule has 0 aliphatic carbocycles. The quantitative estimate of drug-likeness (QED) is 0.531. The Labute approximate surface area is 162 Å². The van der Waals surface area contributed by atoms with E-state index in [1.807, 2.05) is 25.3 Å². The van der Waals surface area contributed by atoms with Crippen LogP contribution >= 0.6 is 11.8 Å². The van der Waals surface area contributed by atoms with Gasteiger partial charge in [-0.3, -0.25) is 10.1 Å². The van der Waals surface area contributed by atoms with Gasteiger partial charge < -0.3 is 14.8 Å². The number of ketones is 1. The van der Waals surface area contributed by atoms with Crippen molar-refractivity contribution >= 4 is 35.0 Å². The number of methoxy groups -OCH3 is 2. The van der Waals surface area contributed by atoms with Crippen LogP contribution in [-0.2, 0) is 4.74 Å². The second-order valence-corrected chi connectivity index (χ2v) is 6.42. The zero-order valence-corrected chi connectivity index (χ0v) is 16.5. The number of benzene rings is 2. The molecular formula is C20H22N2O4S. The summed E-state index contributed by atoms with van der Waals surface area (Å²) in [6.45, 7) is 1.91. The van der Waals surface area contributed by atoms with Crippen molar-refractivity contribution in [2.75, 3.05) is 31.1 Å². The lowest BCUT2D eigenvalue weighted by molar-refractivity contribution is 0.104. The van der Waals surface area contributed by atoms with Gasteiger partial charge in [-0.25, -0.2) is 4.79 Å². The fraction of sp³-hybridized carbons (Fsp3) is 0.200. The molecule has 27 heavy (non-hydrogen) atoms. The average Bonchev–Trinajstić information content (AvgIpc) is 2.69. The number of nitrogens with one attached hydrogen (secondary N) is 2. The first-order chi connectivity index (χ1) is 13.0. The molecule has 0 aromatic heterocycles. The highest BCUT2D eigenvalue weighted by Crippen LogP contribution is 2.24. The third kappa shape index (κ3) is 5.79. The number of hydrogen-bond acceptors (Lipinski definition) is 6. The minimum absolute atomic E-state index is 0.101. The van der Waals surface area contributed by atoms with Crippen molar-refractivity contribution in [3.05, 3.63) is 64.7 Å². The van der Waals surface area contributed by atoms with E-state index in [0.29, 0.717) is 22.0 Å². The van der Waals surface area contributed by atoms with E-state index < -0.39 is 6.09 Å². The SMILES string of the molecule is COC(=O)Nc1ccc(N/C(=C/C(=O)c2ccc(OC)cc2)SC)c(C)c1. The van der Waals surface area contributed by atoms with Crippen LogP contribution in [0.4, 0.5) is 16.2 Å². The van der Waals surface area contributed by atoms with Gasteiger partial charge in [-0.2, -0.15) is 0 Å². The van der Waals surface area contributed by atoms with Crippen LogP contribution in [0.2, 0.25) is 0 Å². The largest absolute Gasteiger partial charge is 0.497 e. The Morgan fingerprint density at radius 1 is 1.04 bits per heavy atom. The van der Waals surface area contributed by atoms with Gasteiger partial charge in [0.1, 0.15) is 5.75 Å². The fourth-order valence-electron chi connectivity index (χ4n) is 2.29. The summed E-state index contributed by atoms with van der Waals surface area (Å²) in [5, 5.41) is 6.58. The van der Waals surface area contributed by atoms with Crippen LogP contribution in [0, 0.1) is 6.92 Å². The molecule has 6 nitrogen and oxygen atoms in total. The topological polar surface area (TPSA) is 76.7 Å². The number of thioether (sulfide) groups is 1. The van der Waals surface area contributed by atoms with Crippen molar-refractivity contribution in [1.29, 1.82) is 0 Å². The number of ether oxygens (including phenoxy) is 2. The molecule has 0 bridgehead atoms. The minimum Gasteiger partial charge on any atom is -0.497 e. The first kappa shape index (κ1) is 20.4. The van der Waals surface area contributed by atoms with Crippen molar-refractivity contribution in [2.24, 2.45) is 0 Å². The van der Waals surface area contributed by atoms with Crippen molar-refractivity contribution in [3.63, 3.8) is 0 Å². The Morgan fingerprint density at radius 2 is 1.74 bits per heavy atom. The minimum atomic E-state index is -0.523. The highest BCUT2D eigenvalue weighted by molar-refractivity contribution is 8.02. The Morgan fingerprint density at radius 3 is 2.30 bits per heavy atom. The molecular weight excluding hydrogens is 364 g/mol. The van der Waals surface area contributed by atoms with Gasteiger partial charge in [0.15, 0.2) is 5.78 Å². The van der Waals surface area contributed by atoms with Gasteiger partial charge in [0.25, 0.3) is 0 Å². The fourth-order valence-corrected chi connectivity index (χ4v) is 2.72. The third-order valence-electron chi connectivity index (χ3n) is 3.77. The molecule has 0 atom stereocenters. The first-order valence-corrected chi connectivity index (χ1v) is 9.36. The van der Waals surface area contributed by atoms with Gasteiger partial charge in [0, 0.05) is 23.0 Å². The molecule has 1 amide bonds. The van der Waals surface area contributed by atoms with Crippen molar-refractivity contribution in [2.45, 2.75) is 6.92 Å². The zero-order chi connectivity index (χ0) is 19.8. The number of carbonyl (C=O) groups excluding carboxylic acids is 2.